The van der Waals surface area contributed by atoms with Gasteiger partial charge in [0, 0.05) is 19.6 Å². The van der Waals surface area contributed by atoms with Crippen LogP contribution in [-0.2, 0) is 4.79 Å². The van der Waals surface area contributed by atoms with Gasteiger partial charge in [0.25, 0.3) is 0 Å². The van der Waals surface area contributed by atoms with Crippen LogP contribution < -0.4 is 10.2 Å². The number of aliphatic carboxylic acids is 1. The number of fused-ring (bicyclic) bond motifs is 1. The molecule has 4 nitrogen and oxygen atoms in total. The Bertz CT molecular complexity index is 418. The van der Waals surface area contributed by atoms with Gasteiger partial charge in [-0.25, -0.2) is 0 Å². The number of nitrogens with zero attached hydrogens (tertiary/aromatic N) is 1. The number of hydrogen-bond acceptors (Lipinski definition) is 3. The van der Waals surface area contributed by atoms with Crippen LogP contribution in [0.5, 0.6) is 0 Å². The fourth-order valence-corrected chi connectivity index (χ4v) is 2.21. The molecule has 0 atom stereocenters. The number of nitrogens with one attached hydrogen (secondary N) is 1. The van der Waals surface area contributed by atoms with E-state index in [2.05, 4.69) is 29.3 Å². The molecule has 0 aromatic heterocycles. The molecule has 4 heteroatoms. The molecule has 1 aromatic carbocycles. The zero-order valence-corrected chi connectivity index (χ0v) is 10.1. The summed E-state index contributed by atoms with van der Waals surface area (Å²) in [6.07, 6.45) is 1.22. The first-order chi connectivity index (χ1) is 8.18. The Balaban J connectivity index is 2.24. The molecule has 0 amide bonds. The summed E-state index contributed by atoms with van der Waals surface area (Å²) in [6.45, 7) is 4.51. The van der Waals surface area contributed by atoms with Gasteiger partial charge in [-0.3, -0.25) is 4.79 Å². The minimum atomic E-state index is -0.739. The van der Waals surface area contributed by atoms with Crippen molar-refractivity contribution in [2.24, 2.45) is 0 Å². The molecule has 1 aliphatic rings. The fraction of sp³-hybridized carbons (Fsp3) is 0.462. The lowest BCUT2D eigenvalue weighted by atomic mass is 10.1. The molecule has 0 radical (unpaired) electrons. The zero-order chi connectivity index (χ0) is 12.3. The number of rotatable bonds is 3. The minimum absolute atomic E-state index is 0.188. The normalized spacial score (nSPS) is 14.8. The van der Waals surface area contributed by atoms with Gasteiger partial charge in [-0.1, -0.05) is 12.1 Å². The summed E-state index contributed by atoms with van der Waals surface area (Å²) in [5, 5.41) is 12.2. The summed E-state index contributed by atoms with van der Waals surface area (Å²) in [5.41, 5.74) is 3.49. The minimum Gasteiger partial charge on any atom is -0.481 e. The Kier molecular flexibility index (Phi) is 3.52. The van der Waals surface area contributed by atoms with E-state index >= 15 is 0 Å². The number of aryl methyl sites for hydroxylation is 1. The topological polar surface area (TPSA) is 52.6 Å². The van der Waals surface area contributed by atoms with Crippen molar-refractivity contribution in [3.05, 3.63) is 23.8 Å². The van der Waals surface area contributed by atoms with Crippen molar-refractivity contribution in [3.8, 4) is 0 Å². The first-order valence-corrected chi connectivity index (χ1v) is 5.98. The van der Waals surface area contributed by atoms with Crippen molar-refractivity contribution in [3.63, 3.8) is 0 Å². The fourth-order valence-electron chi connectivity index (χ4n) is 2.21. The molecular formula is C13H18N2O2. The monoisotopic (exact) mass is 234 g/mol. The lowest BCUT2D eigenvalue weighted by Gasteiger charge is -2.24. The Morgan fingerprint density at radius 2 is 2.35 bits per heavy atom. The Labute approximate surface area is 101 Å². The number of carboxylic acid groups (broad SMARTS) is 1. The summed E-state index contributed by atoms with van der Waals surface area (Å²) in [7, 11) is 0. The van der Waals surface area contributed by atoms with Crippen molar-refractivity contribution >= 4 is 17.3 Å². The van der Waals surface area contributed by atoms with Gasteiger partial charge in [-0.15, -0.1) is 0 Å². The predicted octanol–water partition coefficient (Wildman–Crippen LogP) is 2.09. The second-order valence-corrected chi connectivity index (χ2v) is 4.38. The van der Waals surface area contributed by atoms with Gasteiger partial charge < -0.3 is 15.3 Å². The van der Waals surface area contributed by atoms with Crippen LogP contribution in [0.1, 0.15) is 18.4 Å². The summed E-state index contributed by atoms with van der Waals surface area (Å²) >= 11 is 0. The van der Waals surface area contributed by atoms with E-state index in [9.17, 15) is 4.79 Å². The molecule has 0 saturated carbocycles. The van der Waals surface area contributed by atoms with Gasteiger partial charge in [-0.2, -0.15) is 0 Å². The summed E-state index contributed by atoms with van der Waals surface area (Å²) in [4.78, 5) is 12.8. The second kappa shape index (κ2) is 5.08. The average molecular weight is 234 g/mol. The highest BCUT2D eigenvalue weighted by atomic mass is 16.4. The summed E-state index contributed by atoms with van der Waals surface area (Å²) in [5.74, 6) is -0.739. The number of hydrogen-bond donors (Lipinski definition) is 2. The van der Waals surface area contributed by atoms with E-state index in [0.717, 1.165) is 30.9 Å². The van der Waals surface area contributed by atoms with E-state index in [1.54, 1.807) is 0 Å². The van der Waals surface area contributed by atoms with Crippen LogP contribution in [0, 0.1) is 6.92 Å². The van der Waals surface area contributed by atoms with Crippen molar-refractivity contribution in [2.75, 3.05) is 29.9 Å². The molecule has 17 heavy (non-hydrogen) atoms. The molecule has 0 unspecified atom stereocenters. The van der Waals surface area contributed by atoms with Crippen molar-refractivity contribution in [2.45, 2.75) is 19.8 Å². The first-order valence-electron chi connectivity index (χ1n) is 5.98. The van der Waals surface area contributed by atoms with E-state index in [4.69, 9.17) is 5.11 Å². The van der Waals surface area contributed by atoms with Crippen LogP contribution in [0.15, 0.2) is 18.2 Å². The molecule has 0 spiro atoms. The van der Waals surface area contributed by atoms with Crippen molar-refractivity contribution in [1.82, 2.24) is 0 Å². The van der Waals surface area contributed by atoms with Crippen LogP contribution in [-0.4, -0.2) is 30.7 Å². The van der Waals surface area contributed by atoms with Gasteiger partial charge in [-0.05, 0) is 25.0 Å². The van der Waals surface area contributed by atoms with Crippen molar-refractivity contribution < 1.29 is 9.90 Å². The maximum Gasteiger partial charge on any atom is 0.305 e. The van der Waals surface area contributed by atoms with Crippen molar-refractivity contribution in [1.29, 1.82) is 0 Å². The average Bonchev–Trinajstić information content (AvgIpc) is 2.50. The maximum atomic E-state index is 10.7. The largest absolute Gasteiger partial charge is 0.481 e. The molecule has 0 aliphatic carbocycles. The highest BCUT2D eigenvalue weighted by Gasteiger charge is 2.16. The van der Waals surface area contributed by atoms with E-state index in [-0.39, 0.29) is 6.42 Å². The summed E-state index contributed by atoms with van der Waals surface area (Å²) < 4.78 is 0. The Morgan fingerprint density at radius 1 is 1.53 bits per heavy atom. The SMILES string of the molecule is Cc1cccc2c1NCCCN2CCC(=O)O. The number of carboxylic acids is 1. The third-order valence-corrected chi connectivity index (χ3v) is 3.09. The maximum absolute atomic E-state index is 10.7. The number of para-hydroxylation sites is 1. The number of benzene rings is 1. The molecule has 92 valence electrons. The lowest BCUT2D eigenvalue weighted by molar-refractivity contribution is -0.136. The highest BCUT2D eigenvalue weighted by Crippen LogP contribution is 2.31. The Hall–Kier alpha value is -1.71. The van der Waals surface area contributed by atoms with Gasteiger partial charge in [0.2, 0.25) is 0 Å². The van der Waals surface area contributed by atoms with Gasteiger partial charge in [0.15, 0.2) is 0 Å². The molecule has 1 aromatic rings. The van der Waals surface area contributed by atoms with E-state index < -0.39 is 5.97 Å². The molecule has 2 rings (SSSR count). The molecule has 2 N–H and O–H groups in total. The smallest absolute Gasteiger partial charge is 0.305 e. The van der Waals surface area contributed by atoms with Crippen LogP contribution in [0.3, 0.4) is 0 Å². The van der Waals surface area contributed by atoms with Crippen LogP contribution in [0.25, 0.3) is 0 Å². The van der Waals surface area contributed by atoms with Gasteiger partial charge in [0.05, 0.1) is 17.8 Å². The van der Waals surface area contributed by atoms with Gasteiger partial charge >= 0.3 is 5.97 Å². The quantitative estimate of drug-likeness (QED) is 0.841. The standard InChI is InChI=1S/C13H18N2O2/c1-10-4-2-5-11-13(10)14-7-3-8-15(11)9-6-12(16)17/h2,4-5,14H,3,6-9H2,1H3,(H,16,17). The van der Waals surface area contributed by atoms with E-state index in [1.807, 2.05) is 6.07 Å². The molecule has 1 heterocycles. The van der Waals surface area contributed by atoms with Crippen LogP contribution in [0.4, 0.5) is 11.4 Å². The molecule has 0 bridgehead atoms. The van der Waals surface area contributed by atoms with E-state index in [1.165, 1.54) is 5.56 Å². The molecular weight excluding hydrogens is 216 g/mol. The molecule has 1 aliphatic heterocycles. The second-order valence-electron chi connectivity index (χ2n) is 4.38. The third-order valence-electron chi connectivity index (χ3n) is 3.09. The lowest BCUT2D eigenvalue weighted by Crippen LogP contribution is -2.26. The number of anilines is 2. The van der Waals surface area contributed by atoms with E-state index in [0.29, 0.717) is 6.54 Å². The van der Waals surface area contributed by atoms with Gasteiger partial charge in [0.1, 0.15) is 0 Å². The third kappa shape index (κ3) is 2.70. The number of carbonyl (C=O) groups is 1. The predicted molar refractivity (Wildman–Crippen MR) is 68.8 cm³/mol. The molecule has 0 saturated heterocycles. The highest BCUT2D eigenvalue weighted by molar-refractivity contribution is 5.75. The first kappa shape index (κ1) is 11.8. The summed E-state index contributed by atoms with van der Waals surface area (Å²) in [6, 6.07) is 6.16. The Morgan fingerprint density at radius 3 is 3.12 bits per heavy atom. The van der Waals surface area contributed by atoms with Crippen LogP contribution in [0.2, 0.25) is 0 Å². The van der Waals surface area contributed by atoms with Crippen LogP contribution >= 0.6 is 0 Å². The molecule has 0 fully saturated rings. The zero-order valence-electron chi connectivity index (χ0n) is 10.1.